The molecule has 1 aromatic rings. The number of nitrogens with one attached hydrogen (secondary N) is 1. The second-order valence-electron chi connectivity index (χ2n) is 4.33. The van der Waals surface area contributed by atoms with Crippen molar-refractivity contribution in [1.82, 2.24) is 4.98 Å². The maximum atomic E-state index is 7.49. The molecule has 1 saturated heterocycles. The van der Waals surface area contributed by atoms with Crippen molar-refractivity contribution in [3.63, 3.8) is 0 Å². The zero-order chi connectivity index (χ0) is 13.1. The summed E-state index contributed by atoms with van der Waals surface area (Å²) >= 11 is 8.20. The standard InChI is InChI=1S/C12H17ClN4S/c1-18-8-3-6-17(7-4-8)12-10(13)9(11(14)15)2-5-16-12/h2,5,8H,3-4,6-7H2,1H3,(H3,14,15). The second kappa shape index (κ2) is 5.80. The maximum Gasteiger partial charge on any atom is 0.148 e. The summed E-state index contributed by atoms with van der Waals surface area (Å²) in [6, 6.07) is 1.68. The molecule has 0 aromatic carbocycles. The van der Waals surface area contributed by atoms with Gasteiger partial charge >= 0.3 is 0 Å². The van der Waals surface area contributed by atoms with E-state index < -0.39 is 0 Å². The number of nitrogens with two attached hydrogens (primary N) is 1. The van der Waals surface area contributed by atoms with E-state index in [1.54, 1.807) is 12.3 Å². The lowest BCUT2D eigenvalue weighted by Crippen LogP contribution is -2.35. The molecule has 1 fully saturated rings. The third-order valence-corrected chi connectivity index (χ3v) is 4.75. The molecule has 0 bridgehead atoms. The van der Waals surface area contributed by atoms with Crippen LogP contribution in [0.25, 0.3) is 0 Å². The van der Waals surface area contributed by atoms with Gasteiger partial charge in [-0.25, -0.2) is 4.98 Å². The molecule has 98 valence electrons. The molecule has 1 aliphatic heterocycles. The minimum Gasteiger partial charge on any atom is -0.384 e. The van der Waals surface area contributed by atoms with Gasteiger partial charge in [-0.3, -0.25) is 5.41 Å². The Morgan fingerprint density at radius 2 is 2.22 bits per heavy atom. The first-order valence-electron chi connectivity index (χ1n) is 5.90. The van der Waals surface area contributed by atoms with Crippen LogP contribution in [-0.4, -0.2) is 35.4 Å². The van der Waals surface area contributed by atoms with Crippen LogP contribution in [0.15, 0.2) is 12.3 Å². The largest absolute Gasteiger partial charge is 0.384 e. The number of thioether (sulfide) groups is 1. The van der Waals surface area contributed by atoms with Crippen molar-refractivity contribution in [3.05, 3.63) is 22.8 Å². The Morgan fingerprint density at radius 3 is 2.78 bits per heavy atom. The Bertz CT molecular complexity index is 444. The first-order valence-corrected chi connectivity index (χ1v) is 7.56. The number of piperidine rings is 1. The van der Waals surface area contributed by atoms with Crippen molar-refractivity contribution in [2.45, 2.75) is 18.1 Å². The van der Waals surface area contributed by atoms with Crippen LogP contribution >= 0.6 is 23.4 Å². The quantitative estimate of drug-likeness (QED) is 0.660. The molecule has 6 heteroatoms. The Balaban J connectivity index is 2.19. The molecule has 0 atom stereocenters. The van der Waals surface area contributed by atoms with E-state index in [1.165, 1.54) is 0 Å². The highest BCUT2D eigenvalue weighted by Gasteiger charge is 2.22. The zero-order valence-electron chi connectivity index (χ0n) is 10.3. The summed E-state index contributed by atoms with van der Waals surface area (Å²) in [6.45, 7) is 1.92. The van der Waals surface area contributed by atoms with Gasteiger partial charge in [0.25, 0.3) is 0 Å². The van der Waals surface area contributed by atoms with Crippen LogP contribution in [-0.2, 0) is 0 Å². The summed E-state index contributed by atoms with van der Waals surface area (Å²) in [4.78, 5) is 6.51. The predicted molar refractivity (Wildman–Crippen MR) is 79.0 cm³/mol. The summed E-state index contributed by atoms with van der Waals surface area (Å²) in [6.07, 6.45) is 6.10. The van der Waals surface area contributed by atoms with Gasteiger partial charge in [0.1, 0.15) is 11.7 Å². The van der Waals surface area contributed by atoms with E-state index in [1.807, 2.05) is 11.8 Å². The van der Waals surface area contributed by atoms with Gasteiger partial charge in [0.05, 0.1) is 5.02 Å². The highest BCUT2D eigenvalue weighted by molar-refractivity contribution is 7.99. The van der Waals surface area contributed by atoms with E-state index in [2.05, 4.69) is 16.1 Å². The Kier molecular flexibility index (Phi) is 4.35. The fourth-order valence-electron chi connectivity index (χ4n) is 2.16. The van der Waals surface area contributed by atoms with Crippen LogP contribution < -0.4 is 10.6 Å². The molecule has 0 unspecified atom stereocenters. The van der Waals surface area contributed by atoms with Gasteiger partial charge in [0.2, 0.25) is 0 Å². The summed E-state index contributed by atoms with van der Waals surface area (Å²) in [7, 11) is 0. The number of halogens is 1. The third kappa shape index (κ3) is 2.72. The zero-order valence-corrected chi connectivity index (χ0v) is 11.9. The molecular formula is C12H17ClN4S. The number of nitrogen functional groups attached to an aromatic ring is 1. The van der Waals surface area contributed by atoms with Gasteiger partial charge in [-0.2, -0.15) is 11.8 Å². The number of amidine groups is 1. The molecule has 2 rings (SSSR count). The lowest BCUT2D eigenvalue weighted by Gasteiger charge is -2.32. The third-order valence-electron chi connectivity index (χ3n) is 3.24. The highest BCUT2D eigenvalue weighted by Crippen LogP contribution is 2.30. The Morgan fingerprint density at radius 1 is 1.56 bits per heavy atom. The number of hydrogen-bond acceptors (Lipinski definition) is 4. The molecule has 18 heavy (non-hydrogen) atoms. The number of aromatic nitrogens is 1. The van der Waals surface area contributed by atoms with Gasteiger partial charge in [-0.1, -0.05) is 11.6 Å². The highest BCUT2D eigenvalue weighted by atomic mass is 35.5. The molecule has 0 amide bonds. The van der Waals surface area contributed by atoms with Crippen LogP contribution in [0, 0.1) is 5.41 Å². The number of pyridine rings is 1. The molecule has 2 heterocycles. The molecule has 1 aromatic heterocycles. The molecule has 0 aliphatic carbocycles. The van der Waals surface area contributed by atoms with Crippen molar-refractivity contribution in [3.8, 4) is 0 Å². The van der Waals surface area contributed by atoms with Crippen molar-refractivity contribution >= 4 is 35.0 Å². The van der Waals surface area contributed by atoms with Gasteiger partial charge in [0, 0.05) is 30.1 Å². The average Bonchev–Trinajstić information content (AvgIpc) is 2.39. The van der Waals surface area contributed by atoms with Gasteiger partial charge in [-0.15, -0.1) is 0 Å². The number of anilines is 1. The monoisotopic (exact) mass is 284 g/mol. The van der Waals surface area contributed by atoms with Crippen molar-refractivity contribution in [2.24, 2.45) is 5.73 Å². The van der Waals surface area contributed by atoms with Crippen LogP contribution in [0.5, 0.6) is 0 Å². The van der Waals surface area contributed by atoms with Crippen LogP contribution in [0.2, 0.25) is 5.02 Å². The fourth-order valence-corrected chi connectivity index (χ4v) is 3.18. The van der Waals surface area contributed by atoms with Crippen molar-refractivity contribution < 1.29 is 0 Å². The molecule has 3 N–H and O–H groups in total. The second-order valence-corrected chi connectivity index (χ2v) is 5.85. The SMILES string of the molecule is CSC1CCN(c2nccc(C(=N)N)c2Cl)CC1. The van der Waals surface area contributed by atoms with Crippen molar-refractivity contribution in [2.75, 3.05) is 24.2 Å². The molecule has 1 aliphatic rings. The average molecular weight is 285 g/mol. The minimum atomic E-state index is -0.0114. The number of rotatable bonds is 3. The molecule has 4 nitrogen and oxygen atoms in total. The van der Waals surface area contributed by atoms with Crippen LogP contribution in [0.4, 0.5) is 5.82 Å². The summed E-state index contributed by atoms with van der Waals surface area (Å²) in [5, 5.41) is 8.72. The smallest absolute Gasteiger partial charge is 0.148 e. The van der Waals surface area contributed by atoms with E-state index in [0.717, 1.165) is 37.0 Å². The minimum absolute atomic E-state index is 0.0114. The van der Waals surface area contributed by atoms with Gasteiger partial charge < -0.3 is 10.6 Å². The lowest BCUT2D eigenvalue weighted by molar-refractivity contribution is 0.587. The lowest BCUT2D eigenvalue weighted by atomic mass is 10.1. The van der Waals surface area contributed by atoms with Gasteiger partial charge in [0.15, 0.2) is 0 Å². The molecular weight excluding hydrogens is 268 g/mol. The van der Waals surface area contributed by atoms with E-state index in [-0.39, 0.29) is 5.84 Å². The Labute approximate surface area is 116 Å². The van der Waals surface area contributed by atoms with E-state index in [0.29, 0.717) is 10.6 Å². The van der Waals surface area contributed by atoms with Crippen molar-refractivity contribution in [1.29, 1.82) is 5.41 Å². The molecule has 0 radical (unpaired) electrons. The topological polar surface area (TPSA) is 66.0 Å². The van der Waals surface area contributed by atoms with Crippen LogP contribution in [0.1, 0.15) is 18.4 Å². The number of hydrogen-bond donors (Lipinski definition) is 2. The fraction of sp³-hybridized carbons (Fsp3) is 0.500. The first-order chi connectivity index (χ1) is 8.63. The van der Waals surface area contributed by atoms with E-state index in [9.17, 15) is 0 Å². The summed E-state index contributed by atoms with van der Waals surface area (Å²) in [5.41, 5.74) is 6.07. The van der Waals surface area contributed by atoms with E-state index in [4.69, 9.17) is 22.7 Å². The maximum absolute atomic E-state index is 7.49. The summed E-state index contributed by atoms with van der Waals surface area (Å²) < 4.78 is 0. The summed E-state index contributed by atoms with van der Waals surface area (Å²) in [5.74, 6) is 0.742. The first kappa shape index (κ1) is 13.5. The molecule has 0 saturated carbocycles. The van der Waals surface area contributed by atoms with Gasteiger partial charge in [-0.05, 0) is 25.2 Å². The Hall–Kier alpha value is -0.940. The predicted octanol–water partition coefficient (Wildman–Crippen LogP) is 2.35. The van der Waals surface area contributed by atoms with E-state index >= 15 is 0 Å². The normalized spacial score (nSPS) is 16.9. The number of nitrogens with zero attached hydrogens (tertiary/aromatic N) is 2. The van der Waals surface area contributed by atoms with Crippen LogP contribution in [0.3, 0.4) is 0 Å². The molecule has 0 spiro atoms.